The summed E-state index contributed by atoms with van der Waals surface area (Å²) in [5.41, 5.74) is 1.17. The molecule has 0 amide bonds. The van der Waals surface area contributed by atoms with Gasteiger partial charge in [-0.3, -0.25) is 0 Å². The molecule has 0 saturated heterocycles. The Morgan fingerprint density at radius 2 is 2.22 bits per heavy atom. The number of nitrogens with one attached hydrogen (secondary N) is 1. The van der Waals surface area contributed by atoms with Crippen LogP contribution in [0.2, 0.25) is 5.02 Å². The van der Waals surface area contributed by atoms with Crippen molar-refractivity contribution in [1.82, 2.24) is 5.32 Å². The molecule has 0 radical (unpaired) electrons. The largest absolute Gasteiger partial charge is 0.495 e. The number of thiophene rings is 1. The van der Waals surface area contributed by atoms with Gasteiger partial charge < -0.3 is 10.1 Å². The molecule has 4 heteroatoms. The second-order valence-electron chi connectivity index (χ2n) is 3.98. The lowest BCUT2D eigenvalue weighted by Gasteiger charge is -2.07. The van der Waals surface area contributed by atoms with Crippen molar-refractivity contribution >= 4 is 22.9 Å². The lowest BCUT2D eigenvalue weighted by molar-refractivity contribution is 0.415. The van der Waals surface area contributed by atoms with E-state index in [2.05, 4.69) is 22.8 Å². The zero-order valence-electron chi connectivity index (χ0n) is 10.3. The zero-order valence-corrected chi connectivity index (χ0v) is 11.9. The van der Waals surface area contributed by atoms with E-state index >= 15 is 0 Å². The van der Waals surface area contributed by atoms with Crippen LogP contribution in [0.25, 0.3) is 0 Å². The van der Waals surface area contributed by atoms with Gasteiger partial charge in [0.1, 0.15) is 5.75 Å². The maximum absolute atomic E-state index is 6.07. The second kappa shape index (κ2) is 6.78. The topological polar surface area (TPSA) is 21.3 Å². The minimum atomic E-state index is 0.662. The first-order valence-corrected chi connectivity index (χ1v) is 7.11. The number of halogens is 1. The molecule has 96 valence electrons. The fourth-order valence-corrected chi connectivity index (χ4v) is 2.71. The maximum Gasteiger partial charge on any atom is 0.137 e. The summed E-state index contributed by atoms with van der Waals surface area (Å²) < 4.78 is 5.12. The molecule has 0 bridgehead atoms. The summed E-state index contributed by atoms with van der Waals surface area (Å²) in [7, 11) is 1.63. The van der Waals surface area contributed by atoms with Gasteiger partial charge in [0, 0.05) is 18.0 Å². The molecule has 0 saturated carbocycles. The van der Waals surface area contributed by atoms with Gasteiger partial charge in [0.15, 0.2) is 0 Å². The normalized spacial score (nSPS) is 10.6. The predicted molar refractivity (Wildman–Crippen MR) is 77.7 cm³/mol. The third kappa shape index (κ3) is 3.73. The van der Waals surface area contributed by atoms with E-state index in [4.69, 9.17) is 16.3 Å². The van der Waals surface area contributed by atoms with Crippen LogP contribution < -0.4 is 10.1 Å². The molecule has 2 rings (SSSR count). The number of hydrogen-bond donors (Lipinski definition) is 1. The van der Waals surface area contributed by atoms with Crippen LogP contribution in [-0.4, -0.2) is 13.7 Å². The quantitative estimate of drug-likeness (QED) is 0.815. The maximum atomic E-state index is 6.07. The van der Waals surface area contributed by atoms with Gasteiger partial charge in [-0.2, -0.15) is 0 Å². The number of hydrogen-bond acceptors (Lipinski definition) is 3. The minimum Gasteiger partial charge on any atom is -0.495 e. The smallest absolute Gasteiger partial charge is 0.137 e. The van der Waals surface area contributed by atoms with Crippen molar-refractivity contribution in [3.63, 3.8) is 0 Å². The third-order valence-electron chi connectivity index (χ3n) is 2.67. The van der Waals surface area contributed by atoms with E-state index in [1.165, 1.54) is 10.4 Å². The monoisotopic (exact) mass is 281 g/mol. The summed E-state index contributed by atoms with van der Waals surface area (Å²) in [4.78, 5) is 1.41. The molecule has 0 spiro atoms. The first-order valence-electron chi connectivity index (χ1n) is 5.85. The summed E-state index contributed by atoms with van der Waals surface area (Å²) in [5.74, 6) is 0.721. The van der Waals surface area contributed by atoms with Gasteiger partial charge in [-0.15, -0.1) is 11.3 Å². The van der Waals surface area contributed by atoms with Crippen molar-refractivity contribution in [2.45, 2.75) is 13.0 Å². The molecule has 18 heavy (non-hydrogen) atoms. The molecule has 1 aromatic carbocycles. The van der Waals surface area contributed by atoms with E-state index in [0.717, 1.165) is 25.3 Å². The fourth-order valence-electron chi connectivity index (χ4n) is 1.72. The van der Waals surface area contributed by atoms with Crippen molar-refractivity contribution in [2.75, 3.05) is 13.7 Å². The summed E-state index contributed by atoms with van der Waals surface area (Å²) in [6.45, 7) is 1.80. The molecule has 0 aliphatic carbocycles. The van der Waals surface area contributed by atoms with Crippen LogP contribution in [0.5, 0.6) is 5.75 Å². The van der Waals surface area contributed by atoms with Crippen LogP contribution in [0.1, 0.15) is 10.4 Å². The van der Waals surface area contributed by atoms with Crippen LogP contribution in [0.4, 0.5) is 0 Å². The summed E-state index contributed by atoms with van der Waals surface area (Å²) >= 11 is 7.87. The molecule has 2 nitrogen and oxygen atoms in total. The van der Waals surface area contributed by atoms with E-state index in [1.54, 1.807) is 18.4 Å². The fraction of sp³-hybridized carbons (Fsp3) is 0.286. The Morgan fingerprint density at radius 3 is 2.89 bits per heavy atom. The van der Waals surface area contributed by atoms with E-state index < -0.39 is 0 Å². The SMILES string of the molecule is COc1ccc(CNCCc2cccs2)cc1Cl. The van der Waals surface area contributed by atoms with Crippen LogP contribution >= 0.6 is 22.9 Å². The average molecular weight is 282 g/mol. The second-order valence-corrected chi connectivity index (χ2v) is 5.41. The van der Waals surface area contributed by atoms with Crippen molar-refractivity contribution < 1.29 is 4.74 Å². The number of rotatable bonds is 6. The highest BCUT2D eigenvalue weighted by Gasteiger charge is 2.01. The Bertz CT molecular complexity index is 485. The van der Waals surface area contributed by atoms with Crippen LogP contribution in [0.15, 0.2) is 35.7 Å². The Kier molecular flexibility index (Phi) is 5.05. The van der Waals surface area contributed by atoms with E-state index in [0.29, 0.717) is 5.02 Å². The van der Waals surface area contributed by atoms with Crippen LogP contribution in [0, 0.1) is 0 Å². The Balaban J connectivity index is 1.78. The standard InChI is InChI=1S/C14H16ClNOS/c1-17-14-5-4-11(9-13(14)15)10-16-7-6-12-3-2-8-18-12/h2-5,8-9,16H,6-7,10H2,1H3. The van der Waals surface area contributed by atoms with Crippen molar-refractivity contribution in [1.29, 1.82) is 0 Å². The molecule has 1 heterocycles. The molecule has 0 aliphatic heterocycles. The van der Waals surface area contributed by atoms with Gasteiger partial charge in [0.2, 0.25) is 0 Å². The summed E-state index contributed by atoms with van der Waals surface area (Å²) in [6, 6.07) is 10.1. The average Bonchev–Trinajstić information content (AvgIpc) is 2.88. The number of methoxy groups -OCH3 is 1. The van der Waals surface area contributed by atoms with Gasteiger partial charge in [0.05, 0.1) is 12.1 Å². The number of ether oxygens (including phenoxy) is 1. The highest BCUT2D eigenvalue weighted by atomic mass is 35.5. The van der Waals surface area contributed by atoms with Crippen molar-refractivity contribution in [3.05, 3.63) is 51.2 Å². The van der Waals surface area contributed by atoms with Gasteiger partial charge in [-0.25, -0.2) is 0 Å². The summed E-state index contributed by atoms with van der Waals surface area (Å²) in [5, 5.41) is 6.18. The zero-order chi connectivity index (χ0) is 12.8. The third-order valence-corrected chi connectivity index (χ3v) is 3.91. The molecule has 0 atom stereocenters. The highest BCUT2D eigenvalue weighted by molar-refractivity contribution is 7.09. The Labute approximate surface area is 117 Å². The molecular weight excluding hydrogens is 266 g/mol. The molecular formula is C14H16ClNOS. The Hall–Kier alpha value is -1.03. The van der Waals surface area contributed by atoms with E-state index in [9.17, 15) is 0 Å². The van der Waals surface area contributed by atoms with Gasteiger partial charge in [0.25, 0.3) is 0 Å². The Morgan fingerprint density at radius 1 is 1.33 bits per heavy atom. The molecule has 1 aromatic heterocycles. The van der Waals surface area contributed by atoms with Crippen molar-refractivity contribution in [3.8, 4) is 5.75 Å². The van der Waals surface area contributed by atoms with E-state index in [1.807, 2.05) is 18.2 Å². The van der Waals surface area contributed by atoms with Crippen LogP contribution in [-0.2, 0) is 13.0 Å². The van der Waals surface area contributed by atoms with E-state index in [-0.39, 0.29) is 0 Å². The molecule has 0 fully saturated rings. The molecule has 2 aromatic rings. The van der Waals surface area contributed by atoms with Crippen molar-refractivity contribution in [2.24, 2.45) is 0 Å². The molecule has 0 aliphatic rings. The highest BCUT2D eigenvalue weighted by Crippen LogP contribution is 2.24. The van der Waals surface area contributed by atoms with Gasteiger partial charge >= 0.3 is 0 Å². The minimum absolute atomic E-state index is 0.662. The lowest BCUT2D eigenvalue weighted by atomic mass is 10.2. The summed E-state index contributed by atoms with van der Waals surface area (Å²) in [6.07, 6.45) is 1.07. The first-order chi connectivity index (χ1) is 8.79. The molecule has 1 N–H and O–H groups in total. The first kappa shape index (κ1) is 13.4. The van der Waals surface area contributed by atoms with Gasteiger partial charge in [-0.05, 0) is 35.6 Å². The lowest BCUT2D eigenvalue weighted by Crippen LogP contribution is -2.16. The van der Waals surface area contributed by atoms with Crippen LogP contribution in [0.3, 0.4) is 0 Å². The number of benzene rings is 1. The predicted octanol–water partition coefficient (Wildman–Crippen LogP) is 3.74. The van der Waals surface area contributed by atoms with Gasteiger partial charge in [-0.1, -0.05) is 23.7 Å². The molecule has 0 unspecified atom stereocenters.